The van der Waals surface area contributed by atoms with Crippen LogP contribution in [0.25, 0.3) is 0 Å². The maximum atomic E-state index is 11.9. The zero-order chi connectivity index (χ0) is 13.2. The molecule has 7 heteroatoms. The van der Waals surface area contributed by atoms with Crippen LogP contribution in [0.15, 0.2) is 18.3 Å². The first-order valence-electron chi connectivity index (χ1n) is 6.96. The number of anilines is 1. The second-order valence-electron chi connectivity index (χ2n) is 5.57. The van der Waals surface area contributed by atoms with E-state index in [4.69, 9.17) is 5.73 Å². The molecule has 1 amide bonds. The molecule has 1 unspecified atom stereocenters. The summed E-state index contributed by atoms with van der Waals surface area (Å²) in [6, 6.07) is 4.20. The molecule has 118 valence electrons. The Morgan fingerprint density at radius 2 is 2.10 bits per heavy atom. The molecule has 1 aromatic heterocycles. The first-order valence-corrected chi connectivity index (χ1v) is 6.96. The maximum absolute atomic E-state index is 11.9. The molecule has 3 N–H and O–H groups in total. The largest absolute Gasteiger partial charge is 0.397 e. The van der Waals surface area contributed by atoms with E-state index in [-0.39, 0.29) is 30.7 Å². The number of hydrogen-bond acceptors (Lipinski definition) is 4. The number of nitrogens with zero attached hydrogens (tertiary/aromatic N) is 2. The van der Waals surface area contributed by atoms with Gasteiger partial charge in [-0.05, 0) is 43.9 Å². The molecule has 1 aliphatic carbocycles. The fourth-order valence-electron chi connectivity index (χ4n) is 2.67. The summed E-state index contributed by atoms with van der Waals surface area (Å²) in [5.74, 6) is 0.475. The molecule has 0 radical (unpaired) electrons. The zero-order valence-electron chi connectivity index (χ0n) is 11.8. The summed E-state index contributed by atoms with van der Waals surface area (Å²) in [6.07, 6.45) is 5.41. The number of likely N-dealkylation sites (tertiary alicyclic amines) is 1. The Bertz CT molecular complexity index is 465. The number of carbonyl (C=O) groups excluding carboxylic acids is 1. The van der Waals surface area contributed by atoms with Crippen LogP contribution in [0, 0.1) is 5.92 Å². The highest BCUT2D eigenvalue weighted by molar-refractivity contribution is 5.92. The van der Waals surface area contributed by atoms with Gasteiger partial charge in [-0.3, -0.25) is 4.79 Å². The number of nitrogens with one attached hydrogen (secondary N) is 1. The molecule has 0 spiro atoms. The van der Waals surface area contributed by atoms with Crippen molar-refractivity contribution >= 4 is 36.4 Å². The summed E-state index contributed by atoms with van der Waals surface area (Å²) in [5, 5.41) is 2.97. The number of rotatable bonds is 4. The summed E-state index contributed by atoms with van der Waals surface area (Å²) in [7, 11) is 0. The fourth-order valence-corrected chi connectivity index (χ4v) is 2.67. The third-order valence-electron chi connectivity index (χ3n) is 3.95. The van der Waals surface area contributed by atoms with Gasteiger partial charge in [0.2, 0.25) is 0 Å². The first-order chi connectivity index (χ1) is 9.22. The lowest BCUT2D eigenvalue weighted by atomic mass is 10.1. The van der Waals surface area contributed by atoms with Crippen molar-refractivity contribution in [2.45, 2.75) is 25.3 Å². The number of pyridine rings is 1. The Morgan fingerprint density at radius 3 is 2.71 bits per heavy atom. The van der Waals surface area contributed by atoms with Gasteiger partial charge in [-0.1, -0.05) is 0 Å². The summed E-state index contributed by atoms with van der Waals surface area (Å²) in [6.45, 7) is 3.06. The summed E-state index contributed by atoms with van der Waals surface area (Å²) >= 11 is 0. The van der Waals surface area contributed by atoms with E-state index in [1.165, 1.54) is 32.0 Å². The SMILES string of the molecule is Cl.Cl.Nc1ccc(C(=O)NCC2CCN(C3CC3)C2)nc1. The van der Waals surface area contributed by atoms with E-state index >= 15 is 0 Å². The molecule has 5 nitrogen and oxygen atoms in total. The molecule has 1 aromatic rings. The smallest absolute Gasteiger partial charge is 0.269 e. The van der Waals surface area contributed by atoms with Crippen LogP contribution in [-0.4, -0.2) is 41.5 Å². The Hall–Kier alpha value is -1.04. The predicted octanol–water partition coefficient (Wildman–Crippen LogP) is 1.72. The van der Waals surface area contributed by atoms with Crippen LogP contribution in [0.1, 0.15) is 29.8 Å². The highest BCUT2D eigenvalue weighted by atomic mass is 35.5. The van der Waals surface area contributed by atoms with E-state index in [9.17, 15) is 4.79 Å². The summed E-state index contributed by atoms with van der Waals surface area (Å²) in [4.78, 5) is 18.5. The van der Waals surface area contributed by atoms with Crippen LogP contribution >= 0.6 is 24.8 Å². The average Bonchev–Trinajstić information content (AvgIpc) is 3.16. The lowest BCUT2D eigenvalue weighted by Crippen LogP contribution is -2.31. The molecular formula is C14H22Cl2N4O. The van der Waals surface area contributed by atoms with Crippen molar-refractivity contribution in [3.8, 4) is 0 Å². The number of hydrogen-bond donors (Lipinski definition) is 2. The normalized spacial score (nSPS) is 21.2. The lowest BCUT2D eigenvalue weighted by molar-refractivity contribution is 0.0942. The maximum Gasteiger partial charge on any atom is 0.269 e. The molecule has 2 aliphatic rings. The molecule has 0 aromatic carbocycles. The summed E-state index contributed by atoms with van der Waals surface area (Å²) < 4.78 is 0. The Kier molecular flexibility index (Phi) is 6.71. The van der Waals surface area contributed by atoms with Gasteiger partial charge in [0.15, 0.2) is 0 Å². The molecular weight excluding hydrogens is 311 g/mol. The van der Waals surface area contributed by atoms with Gasteiger partial charge in [0.05, 0.1) is 11.9 Å². The minimum atomic E-state index is -0.107. The van der Waals surface area contributed by atoms with E-state index < -0.39 is 0 Å². The molecule has 21 heavy (non-hydrogen) atoms. The zero-order valence-corrected chi connectivity index (χ0v) is 13.5. The quantitative estimate of drug-likeness (QED) is 0.880. The van der Waals surface area contributed by atoms with Gasteiger partial charge >= 0.3 is 0 Å². The van der Waals surface area contributed by atoms with Crippen molar-refractivity contribution < 1.29 is 4.79 Å². The fraction of sp³-hybridized carbons (Fsp3) is 0.571. The average molecular weight is 333 g/mol. The van der Waals surface area contributed by atoms with Crippen molar-refractivity contribution in [2.75, 3.05) is 25.4 Å². The number of carbonyl (C=O) groups is 1. The Labute approximate surface area is 137 Å². The third-order valence-corrected chi connectivity index (χ3v) is 3.95. The highest BCUT2D eigenvalue weighted by Crippen LogP contribution is 2.31. The van der Waals surface area contributed by atoms with Crippen LogP contribution < -0.4 is 11.1 Å². The Morgan fingerprint density at radius 1 is 1.33 bits per heavy atom. The van der Waals surface area contributed by atoms with Crippen LogP contribution in [0.2, 0.25) is 0 Å². The summed E-state index contributed by atoms with van der Waals surface area (Å²) in [5.41, 5.74) is 6.56. The van der Waals surface area contributed by atoms with Gasteiger partial charge < -0.3 is 16.0 Å². The van der Waals surface area contributed by atoms with E-state index in [0.29, 0.717) is 17.3 Å². The van der Waals surface area contributed by atoms with Crippen LogP contribution in [0.3, 0.4) is 0 Å². The van der Waals surface area contributed by atoms with Crippen LogP contribution in [0.5, 0.6) is 0 Å². The Balaban J connectivity index is 0.00000110. The van der Waals surface area contributed by atoms with Gasteiger partial charge in [-0.15, -0.1) is 24.8 Å². The van der Waals surface area contributed by atoms with Gasteiger partial charge in [-0.2, -0.15) is 0 Å². The predicted molar refractivity (Wildman–Crippen MR) is 88.2 cm³/mol. The van der Waals surface area contributed by atoms with Gasteiger partial charge in [0, 0.05) is 19.1 Å². The first kappa shape index (κ1) is 18.0. The molecule has 0 bridgehead atoms. The van der Waals surface area contributed by atoms with E-state index in [0.717, 1.165) is 19.1 Å². The van der Waals surface area contributed by atoms with Crippen molar-refractivity contribution in [1.29, 1.82) is 0 Å². The molecule has 2 fully saturated rings. The van der Waals surface area contributed by atoms with Crippen molar-refractivity contribution in [3.63, 3.8) is 0 Å². The molecule has 1 saturated carbocycles. The monoisotopic (exact) mass is 332 g/mol. The van der Waals surface area contributed by atoms with Gasteiger partial charge in [-0.25, -0.2) is 4.98 Å². The van der Waals surface area contributed by atoms with E-state index in [1.807, 2.05) is 0 Å². The van der Waals surface area contributed by atoms with Crippen molar-refractivity contribution in [2.24, 2.45) is 5.92 Å². The second-order valence-corrected chi connectivity index (χ2v) is 5.57. The number of halogens is 2. The van der Waals surface area contributed by atoms with Crippen molar-refractivity contribution in [3.05, 3.63) is 24.0 Å². The minimum absolute atomic E-state index is 0. The van der Waals surface area contributed by atoms with Gasteiger partial charge in [0.25, 0.3) is 5.91 Å². The molecule has 1 aliphatic heterocycles. The second kappa shape index (κ2) is 7.82. The molecule has 2 heterocycles. The van der Waals surface area contributed by atoms with E-state index in [2.05, 4.69) is 15.2 Å². The minimum Gasteiger partial charge on any atom is -0.397 e. The lowest BCUT2D eigenvalue weighted by Gasteiger charge is -2.15. The van der Waals surface area contributed by atoms with E-state index in [1.54, 1.807) is 12.1 Å². The van der Waals surface area contributed by atoms with Crippen LogP contribution in [0.4, 0.5) is 5.69 Å². The number of amides is 1. The number of nitrogens with two attached hydrogens (primary N) is 1. The number of aromatic nitrogens is 1. The molecule has 3 rings (SSSR count). The van der Waals surface area contributed by atoms with Crippen LogP contribution in [-0.2, 0) is 0 Å². The third kappa shape index (κ3) is 4.73. The standard InChI is InChI=1S/C14H20N4O.2ClH/c15-11-1-4-13(16-8-11)14(19)17-7-10-5-6-18(9-10)12-2-3-12;;/h1,4,8,10,12H,2-3,5-7,9,15H2,(H,17,19);2*1H. The topological polar surface area (TPSA) is 71.2 Å². The van der Waals surface area contributed by atoms with Gasteiger partial charge in [0.1, 0.15) is 5.69 Å². The molecule has 1 atom stereocenters. The number of nitrogen functional groups attached to an aromatic ring is 1. The highest BCUT2D eigenvalue weighted by Gasteiger charge is 2.34. The molecule has 1 saturated heterocycles. The van der Waals surface area contributed by atoms with Crippen molar-refractivity contribution in [1.82, 2.24) is 15.2 Å².